The Morgan fingerprint density at radius 1 is 0.914 bits per heavy atom. The van der Waals surface area contributed by atoms with Crippen molar-refractivity contribution < 1.29 is 9.59 Å². The maximum Gasteiger partial charge on any atom is 0.243 e. The first-order valence-corrected chi connectivity index (χ1v) is 12.9. The Hall–Kier alpha value is -2.63. The van der Waals surface area contributed by atoms with Gasteiger partial charge in [0.25, 0.3) is 0 Å². The molecule has 2 amide bonds. The van der Waals surface area contributed by atoms with Crippen molar-refractivity contribution >= 4 is 39.3 Å². The Morgan fingerprint density at radius 2 is 1.54 bits per heavy atom. The van der Waals surface area contributed by atoms with E-state index in [1.807, 2.05) is 99.6 Å². The van der Waals surface area contributed by atoms with E-state index in [1.165, 1.54) is 0 Å². The fourth-order valence-corrected chi connectivity index (χ4v) is 4.37. The van der Waals surface area contributed by atoms with Gasteiger partial charge in [0.1, 0.15) is 6.04 Å². The molecule has 0 aliphatic rings. The number of carbonyl (C=O) groups is 2. The minimum atomic E-state index is -0.654. The minimum absolute atomic E-state index is 0.0853. The van der Waals surface area contributed by atoms with Crippen molar-refractivity contribution in [1.82, 2.24) is 10.2 Å². The van der Waals surface area contributed by atoms with Crippen molar-refractivity contribution in [1.29, 1.82) is 0 Å². The lowest BCUT2D eigenvalue weighted by molar-refractivity contribution is -0.141. The number of nitrogens with one attached hydrogen (secondary N) is 1. The van der Waals surface area contributed by atoms with Crippen LogP contribution in [0.3, 0.4) is 0 Å². The van der Waals surface area contributed by atoms with Crippen LogP contribution in [0, 0.1) is 0 Å². The van der Waals surface area contributed by atoms with Crippen LogP contribution in [0.2, 0.25) is 5.02 Å². The fraction of sp³-hybridized carbons (Fsp3) is 0.310. The molecule has 3 aromatic carbocycles. The van der Waals surface area contributed by atoms with Gasteiger partial charge in [-0.05, 0) is 62.1 Å². The number of aryl methyl sites for hydroxylation is 1. The highest BCUT2D eigenvalue weighted by Crippen LogP contribution is 2.21. The molecule has 0 spiro atoms. The monoisotopic (exact) mass is 554 g/mol. The molecule has 0 saturated heterocycles. The van der Waals surface area contributed by atoms with Gasteiger partial charge in [-0.15, -0.1) is 0 Å². The quantitative estimate of drug-likeness (QED) is 0.324. The molecule has 0 radical (unpaired) electrons. The number of carbonyl (C=O) groups excluding carboxylic acids is 2. The second-order valence-corrected chi connectivity index (χ2v) is 11.0. The van der Waals surface area contributed by atoms with Crippen LogP contribution in [0.15, 0.2) is 83.3 Å². The van der Waals surface area contributed by atoms with E-state index in [1.54, 1.807) is 4.90 Å². The average molecular weight is 556 g/mol. The number of hydrogen-bond donors (Lipinski definition) is 1. The second-order valence-electron chi connectivity index (χ2n) is 9.68. The largest absolute Gasteiger partial charge is 0.350 e. The van der Waals surface area contributed by atoms with Gasteiger partial charge in [0, 0.05) is 34.4 Å². The smallest absolute Gasteiger partial charge is 0.243 e. The molecule has 0 aliphatic carbocycles. The van der Waals surface area contributed by atoms with E-state index in [4.69, 9.17) is 11.6 Å². The van der Waals surface area contributed by atoms with Gasteiger partial charge in [-0.1, -0.05) is 88.2 Å². The zero-order valence-corrected chi connectivity index (χ0v) is 22.8. The summed E-state index contributed by atoms with van der Waals surface area (Å²) in [5.41, 5.74) is 2.46. The normalized spacial score (nSPS) is 12.1. The molecule has 0 bridgehead atoms. The number of amides is 2. The molecular weight excluding hydrogens is 524 g/mol. The third kappa shape index (κ3) is 8.52. The minimum Gasteiger partial charge on any atom is -0.350 e. The van der Waals surface area contributed by atoms with Crippen molar-refractivity contribution in [3.05, 3.63) is 105 Å². The SMILES string of the molecule is CC(C)(C)NC(=O)[C@H](Cc1ccccc1)N(Cc1ccc(Br)cc1)C(=O)CCc1ccccc1Cl. The van der Waals surface area contributed by atoms with Crippen molar-refractivity contribution in [3.8, 4) is 0 Å². The van der Waals surface area contributed by atoms with Gasteiger partial charge in [-0.3, -0.25) is 9.59 Å². The zero-order valence-electron chi connectivity index (χ0n) is 20.4. The van der Waals surface area contributed by atoms with Crippen molar-refractivity contribution in [2.75, 3.05) is 0 Å². The fourth-order valence-electron chi connectivity index (χ4n) is 3.88. The summed E-state index contributed by atoms with van der Waals surface area (Å²) in [4.78, 5) is 29.0. The summed E-state index contributed by atoms with van der Waals surface area (Å²) < 4.78 is 0.962. The van der Waals surface area contributed by atoms with Crippen LogP contribution in [0.25, 0.3) is 0 Å². The lowest BCUT2D eigenvalue weighted by atomic mass is 10.00. The first-order chi connectivity index (χ1) is 16.6. The maximum atomic E-state index is 13.7. The van der Waals surface area contributed by atoms with Crippen molar-refractivity contribution in [2.24, 2.45) is 0 Å². The second kappa shape index (κ2) is 12.4. The van der Waals surface area contributed by atoms with Crippen molar-refractivity contribution in [2.45, 2.75) is 58.2 Å². The third-order valence-corrected chi connectivity index (χ3v) is 6.50. The van der Waals surface area contributed by atoms with E-state index in [2.05, 4.69) is 21.2 Å². The first-order valence-electron chi connectivity index (χ1n) is 11.8. The zero-order chi connectivity index (χ0) is 25.4. The van der Waals surface area contributed by atoms with Crippen LogP contribution in [-0.4, -0.2) is 28.3 Å². The Kier molecular flexibility index (Phi) is 9.53. The Balaban J connectivity index is 1.93. The number of hydrogen-bond acceptors (Lipinski definition) is 2. The highest BCUT2D eigenvalue weighted by atomic mass is 79.9. The molecule has 1 atom stereocenters. The summed E-state index contributed by atoms with van der Waals surface area (Å²) >= 11 is 9.80. The van der Waals surface area contributed by atoms with Crippen LogP contribution in [0.4, 0.5) is 0 Å². The molecule has 0 aromatic heterocycles. The van der Waals surface area contributed by atoms with E-state index in [0.29, 0.717) is 24.4 Å². The Morgan fingerprint density at radius 3 is 2.17 bits per heavy atom. The lowest BCUT2D eigenvalue weighted by Crippen LogP contribution is -2.54. The van der Waals surface area contributed by atoms with Crippen LogP contribution in [-0.2, 0) is 29.0 Å². The highest BCUT2D eigenvalue weighted by Gasteiger charge is 2.32. The number of halogens is 2. The van der Waals surface area contributed by atoms with Crippen LogP contribution < -0.4 is 5.32 Å². The van der Waals surface area contributed by atoms with E-state index < -0.39 is 11.6 Å². The molecule has 3 aromatic rings. The summed E-state index contributed by atoms with van der Waals surface area (Å²) in [6, 6.07) is 24.6. The van der Waals surface area contributed by atoms with Gasteiger partial charge in [-0.25, -0.2) is 0 Å². The van der Waals surface area contributed by atoms with E-state index >= 15 is 0 Å². The summed E-state index contributed by atoms with van der Waals surface area (Å²) in [7, 11) is 0. The average Bonchev–Trinajstić information content (AvgIpc) is 2.81. The standard InChI is InChI=1S/C29H32BrClN2O2/c1-29(2,3)32-28(35)26(19-21-9-5-4-6-10-21)33(20-22-13-16-24(30)17-14-22)27(34)18-15-23-11-7-8-12-25(23)31/h4-14,16-17,26H,15,18-20H2,1-3H3,(H,32,35)/t26-/m0/s1. The van der Waals surface area contributed by atoms with Gasteiger partial charge in [-0.2, -0.15) is 0 Å². The third-order valence-electron chi connectivity index (χ3n) is 5.60. The van der Waals surface area contributed by atoms with Gasteiger partial charge >= 0.3 is 0 Å². The predicted octanol–water partition coefficient (Wildman–Crippen LogP) is 6.59. The summed E-state index contributed by atoms with van der Waals surface area (Å²) in [6.07, 6.45) is 1.19. The van der Waals surface area contributed by atoms with Gasteiger partial charge in [0.15, 0.2) is 0 Å². The topological polar surface area (TPSA) is 49.4 Å². The molecule has 1 N–H and O–H groups in total. The Bertz CT molecular complexity index is 1130. The molecule has 0 fully saturated rings. The number of nitrogens with zero attached hydrogens (tertiary/aromatic N) is 1. The van der Waals surface area contributed by atoms with Crippen LogP contribution >= 0.6 is 27.5 Å². The molecule has 0 saturated carbocycles. The van der Waals surface area contributed by atoms with Crippen molar-refractivity contribution in [3.63, 3.8) is 0 Å². The van der Waals surface area contributed by atoms with Crippen LogP contribution in [0.5, 0.6) is 0 Å². The molecule has 35 heavy (non-hydrogen) atoms. The predicted molar refractivity (Wildman–Crippen MR) is 146 cm³/mol. The van der Waals surface area contributed by atoms with Crippen LogP contribution in [0.1, 0.15) is 43.9 Å². The lowest BCUT2D eigenvalue weighted by Gasteiger charge is -2.34. The summed E-state index contributed by atoms with van der Waals surface area (Å²) in [5.74, 6) is -0.248. The van der Waals surface area contributed by atoms with E-state index in [0.717, 1.165) is 21.2 Å². The molecule has 0 heterocycles. The van der Waals surface area contributed by atoms with E-state index in [9.17, 15) is 9.59 Å². The maximum absolute atomic E-state index is 13.7. The summed E-state index contributed by atoms with van der Waals surface area (Å²) in [6.45, 7) is 6.18. The van der Waals surface area contributed by atoms with Gasteiger partial charge in [0.2, 0.25) is 11.8 Å². The molecule has 6 heteroatoms. The first kappa shape index (κ1) is 27.0. The number of rotatable bonds is 9. The van der Waals surface area contributed by atoms with Gasteiger partial charge in [0.05, 0.1) is 0 Å². The molecule has 0 unspecified atom stereocenters. The highest BCUT2D eigenvalue weighted by molar-refractivity contribution is 9.10. The van der Waals surface area contributed by atoms with Gasteiger partial charge < -0.3 is 10.2 Å². The molecule has 3 rings (SSSR count). The van der Waals surface area contributed by atoms with E-state index in [-0.39, 0.29) is 18.2 Å². The molecular formula is C29H32BrClN2O2. The molecule has 0 aliphatic heterocycles. The molecule has 4 nitrogen and oxygen atoms in total. The Labute approximate surface area is 221 Å². The number of benzene rings is 3. The summed E-state index contributed by atoms with van der Waals surface area (Å²) in [5, 5.41) is 3.74. The molecule has 184 valence electrons.